The summed E-state index contributed by atoms with van der Waals surface area (Å²) in [6.45, 7) is 3.38. The summed E-state index contributed by atoms with van der Waals surface area (Å²) in [5.74, 6) is -0.146. The molecule has 1 amide bonds. The Morgan fingerprint density at radius 3 is 2.96 bits per heavy atom. The van der Waals surface area contributed by atoms with E-state index in [1.807, 2.05) is 41.8 Å². The molecule has 0 atom stereocenters. The second-order valence-corrected chi connectivity index (χ2v) is 5.38. The molecule has 3 rings (SSSR count). The number of hydrogen-bond donors (Lipinski definition) is 2. The Bertz CT molecular complexity index is 797. The van der Waals surface area contributed by atoms with Gasteiger partial charge < -0.3 is 15.0 Å². The zero-order valence-corrected chi connectivity index (χ0v) is 13.0. The molecule has 3 heterocycles. The van der Waals surface area contributed by atoms with Gasteiger partial charge in [0.05, 0.1) is 5.69 Å². The highest BCUT2D eigenvalue weighted by atomic mass is 16.1. The molecule has 0 saturated carbocycles. The van der Waals surface area contributed by atoms with Crippen LogP contribution in [0.25, 0.3) is 5.65 Å². The van der Waals surface area contributed by atoms with Gasteiger partial charge in [-0.1, -0.05) is 6.07 Å². The smallest absolute Gasteiger partial charge is 0.271 e. The average molecular weight is 309 g/mol. The Morgan fingerprint density at radius 2 is 2.13 bits per heavy atom. The van der Waals surface area contributed by atoms with E-state index in [-0.39, 0.29) is 5.91 Å². The van der Waals surface area contributed by atoms with Crippen molar-refractivity contribution in [1.82, 2.24) is 19.7 Å². The van der Waals surface area contributed by atoms with E-state index in [2.05, 4.69) is 20.6 Å². The van der Waals surface area contributed by atoms with E-state index in [9.17, 15) is 4.79 Å². The topological polar surface area (TPSA) is 71.3 Å². The fourth-order valence-corrected chi connectivity index (χ4v) is 2.29. The summed E-state index contributed by atoms with van der Waals surface area (Å²) in [5.41, 5.74) is 3.33. The quantitative estimate of drug-likeness (QED) is 0.685. The second-order valence-electron chi connectivity index (χ2n) is 5.38. The Hall–Kier alpha value is -2.89. The molecule has 0 unspecified atom stereocenters. The molecular weight excluding hydrogens is 290 g/mol. The van der Waals surface area contributed by atoms with Gasteiger partial charge in [0.1, 0.15) is 11.3 Å². The van der Waals surface area contributed by atoms with E-state index in [4.69, 9.17) is 0 Å². The minimum Gasteiger partial charge on any atom is -0.384 e. The molecule has 23 heavy (non-hydrogen) atoms. The van der Waals surface area contributed by atoms with E-state index in [1.165, 1.54) is 0 Å². The lowest BCUT2D eigenvalue weighted by molar-refractivity contribution is 0.0949. The van der Waals surface area contributed by atoms with Crippen LogP contribution in [0.3, 0.4) is 0 Å². The van der Waals surface area contributed by atoms with Crippen molar-refractivity contribution in [3.63, 3.8) is 0 Å². The first-order chi connectivity index (χ1) is 11.2. The summed E-state index contributed by atoms with van der Waals surface area (Å²) >= 11 is 0. The van der Waals surface area contributed by atoms with Crippen LogP contribution in [0.1, 0.15) is 22.5 Å². The molecule has 3 aromatic rings. The van der Waals surface area contributed by atoms with Crippen LogP contribution < -0.4 is 10.6 Å². The van der Waals surface area contributed by atoms with Gasteiger partial charge in [-0.3, -0.25) is 9.78 Å². The second kappa shape index (κ2) is 6.91. The predicted molar refractivity (Wildman–Crippen MR) is 89.6 cm³/mol. The number of rotatable bonds is 6. The van der Waals surface area contributed by atoms with Crippen LogP contribution in [0.5, 0.6) is 0 Å². The highest BCUT2D eigenvalue weighted by Crippen LogP contribution is 2.07. The van der Waals surface area contributed by atoms with E-state index in [0.717, 1.165) is 29.9 Å². The van der Waals surface area contributed by atoms with Gasteiger partial charge in [-0.2, -0.15) is 0 Å². The molecule has 2 N–H and O–H groups in total. The molecule has 0 aliphatic heterocycles. The molecule has 6 heteroatoms. The average Bonchev–Trinajstić information content (AvgIpc) is 2.98. The third kappa shape index (κ3) is 3.85. The summed E-state index contributed by atoms with van der Waals surface area (Å²) in [4.78, 5) is 20.5. The first-order valence-corrected chi connectivity index (χ1v) is 7.60. The molecule has 6 nitrogen and oxygen atoms in total. The minimum absolute atomic E-state index is 0.146. The number of nitrogens with one attached hydrogen (secondary N) is 2. The number of aromatic nitrogens is 3. The van der Waals surface area contributed by atoms with Crippen LogP contribution in [-0.2, 0) is 0 Å². The fourth-order valence-electron chi connectivity index (χ4n) is 2.29. The van der Waals surface area contributed by atoms with Crippen LogP contribution in [0.15, 0.2) is 49.1 Å². The molecule has 0 saturated heterocycles. The Morgan fingerprint density at radius 1 is 1.22 bits per heavy atom. The van der Waals surface area contributed by atoms with Crippen molar-refractivity contribution in [2.75, 3.05) is 18.4 Å². The minimum atomic E-state index is -0.146. The van der Waals surface area contributed by atoms with Gasteiger partial charge in [-0.25, -0.2) is 4.98 Å². The number of aryl methyl sites for hydroxylation is 1. The number of nitrogens with zero attached hydrogens (tertiary/aromatic N) is 3. The summed E-state index contributed by atoms with van der Waals surface area (Å²) in [6.07, 6.45) is 8.05. The molecule has 3 aromatic heterocycles. The van der Waals surface area contributed by atoms with E-state index in [0.29, 0.717) is 12.2 Å². The van der Waals surface area contributed by atoms with Gasteiger partial charge >= 0.3 is 0 Å². The van der Waals surface area contributed by atoms with Crippen molar-refractivity contribution in [2.45, 2.75) is 13.3 Å². The molecule has 0 fully saturated rings. The lowest BCUT2D eigenvalue weighted by atomic mass is 10.3. The Labute approximate surface area is 134 Å². The number of amides is 1. The normalized spacial score (nSPS) is 10.7. The maximum absolute atomic E-state index is 12.1. The Balaban J connectivity index is 1.47. The highest BCUT2D eigenvalue weighted by molar-refractivity contribution is 5.92. The van der Waals surface area contributed by atoms with Gasteiger partial charge in [0.15, 0.2) is 0 Å². The van der Waals surface area contributed by atoms with Gasteiger partial charge in [-0.15, -0.1) is 0 Å². The maximum atomic E-state index is 12.1. The van der Waals surface area contributed by atoms with Crippen molar-refractivity contribution < 1.29 is 4.79 Å². The standard InChI is InChI=1S/C17H19N5O/c1-13-5-6-16-21-15(12-22(16)11-13)17(23)20-9-3-8-19-14-4-2-7-18-10-14/h2,4-7,10-12,19H,3,8-9H2,1H3,(H,20,23). The number of imidazole rings is 1. The lowest BCUT2D eigenvalue weighted by Crippen LogP contribution is -2.26. The summed E-state index contributed by atoms with van der Waals surface area (Å²) in [6, 6.07) is 7.73. The fraction of sp³-hybridized carbons (Fsp3) is 0.235. The first-order valence-electron chi connectivity index (χ1n) is 7.60. The molecule has 0 aliphatic carbocycles. The summed E-state index contributed by atoms with van der Waals surface area (Å²) in [5, 5.41) is 6.14. The van der Waals surface area contributed by atoms with Crippen molar-refractivity contribution in [1.29, 1.82) is 0 Å². The highest BCUT2D eigenvalue weighted by Gasteiger charge is 2.09. The third-order valence-electron chi connectivity index (χ3n) is 3.46. The largest absolute Gasteiger partial charge is 0.384 e. The number of carbonyl (C=O) groups is 1. The van der Waals surface area contributed by atoms with Crippen molar-refractivity contribution >= 4 is 17.2 Å². The van der Waals surface area contributed by atoms with E-state index < -0.39 is 0 Å². The molecule has 0 aromatic carbocycles. The van der Waals surface area contributed by atoms with Crippen molar-refractivity contribution in [3.8, 4) is 0 Å². The SMILES string of the molecule is Cc1ccc2nc(C(=O)NCCCNc3cccnc3)cn2c1. The molecule has 0 radical (unpaired) electrons. The van der Waals surface area contributed by atoms with E-state index >= 15 is 0 Å². The van der Waals surface area contributed by atoms with Gasteiger partial charge in [0.2, 0.25) is 0 Å². The Kier molecular flexibility index (Phi) is 4.52. The number of hydrogen-bond acceptors (Lipinski definition) is 4. The number of carbonyl (C=O) groups excluding carboxylic acids is 1. The first kappa shape index (κ1) is 15.0. The predicted octanol–water partition coefficient (Wildman–Crippen LogP) is 2.27. The molecule has 0 aliphatic rings. The van der Waals surface area contributed by atoms with Crippen LogP contribution in [-0.4, -0.2) is 33.4 Å². The molecule has 0 spiro atoms. The zero-order chi connectivity index (χ0) is 16.1. The molecule has 118 valence electrons. The van der Waals surface area contributed by atoms with Crippen LogP contribution in [0, 0.1) is 6.92 Å². The summed E-state index contributed by atoms with van der Waals surface area (Å²) in [7, 11) is 0. The number of fused-ring (bicyclic) bond motifs is 1. The van der Waals surface area contributed by atoms with Gasteiger partial charge in [0.25, 0.3) is 5.91 Å². The number of pyridine rings is 2. The van der Waals surface area contributed by atoms with Crippen LogP contribution >= 0.6 is 0 Å². The van der Waals surface area contributed by atoms with E-state index in [1.54, 1.807) is 18.6 Å². The van der Waals surface area contributed by atoms with Crippen molar-refractivity contribution in [3.05, 3.63) is 60.3 Å². The van der Waals surface area contributed by atoms with Crippen LogP contribution in [0.2, 0.25) is 0 Å². The van der Waals surface area contributed by atoms with Crippen molar-refractivity contribution in [2.24, 2.45) is 0 Å². The van der Waals surface area contributed by atoms with Crippen LogP contribution in [0.4, 0.5) is 5.69 Å². The lowest BCUT2D eigenvalue weighted by Gasteiger charge is -2.06. The number of anilines is 1. The monoisotopic (exact) mass is 309 g/mol. The van der Waals surface area contributed by atoms with Gasteiger partial charge in [-0.05, 0) is 37.1 Å². The molecular formula is C17H19N5O. The zero-order valence-electron chi connectivity index (χ0n) is 13.0. The third-order valence-corrected chi connectivity index (χ3v) is 3.46. The maximum Gasteiger partial charge on any atom is 0.271 e. The summed E-state index contributed by atoms with van der Waals surface area (Å²) < 4.78 is 1.87. The van der Waals surface area contributed by atoms with Gasteiger partial charge in [0, 0.05) is 37.9 Å². The molecule has 0 bridgehead atoms.